The number of aromatic nitrogens is 3. The van der Waals surface area contributed by atoms with Gasteiger partial charge in [-0.05, 0) is 53.7 Å². The van der Waals surface area contributed by atoms with Gasteiger partial charge in [-0.2, -0.15) is 0 Å². The van der Waals surface area contributed by atoms with Gasteiger partial charge in [0.05, 0.1) is 6.04 Å². The van der Waals surface area contributed by atoms with E-state index in [9.17, 15) is 4.79 Å². The van der Waals surface area contributed by atoms with Crippen molar-refractivity contribution < 1.29 is 4.79 Å². The fourth-order valence-corrected chi connectivity index (χ4v) is 2.94. The topological polar surface area (TPSA) is 71.0 Å². The molecule has 25 heavy (non-hydrogen) atoms. The summed E-state index contributed by atoms with van der Waals surface area (Å²) in [6.07, 6.45) is 5.23. The Bertz CT molecular complexity index is 707. The van der Waals surface area contributed by atoms with Crippen LogP contribution < -0.4 is 5.32 Å². The summed E-state index contributed by atoms with van der Waals surface area (Å²) in [6, 6.07) is 3.79. The molecule has 0 aliphatic carbocycles. The molecule has 134 valence electrons. The van der Waals surface area contributed by atoms with E-state index < -0.39 is 0 Å². The fourth-order valence-electron chi connectivity index (χ4n) is 2.94. The molecule has 6 nitrogen and oxygen atoms in total. The number of hydrogen-bond donors (Lipinski definition) is 1. The molecule has 0 fully saturated rings. The predicted octanol–water partition coefficient (Wildman–Crippen LogP) is 3.74. The van der Waals surface area contributed by atoms with E-state index in [0.29, 0.717) is 5.82 Å². The van der Waals surface area contributed by atoms with Crippen LogP contribution >= 0.6 is 0 Å². The number of carbonyl (C=O) groups is 1. The van der Waals surface area contributed by atoms with Gasteiger partial charge in [0.25, 0.3) is 0 Å². The van der Waals surface area contributed by atoms with Gasteiger partial charge in [-0.25, -0.2) is 14.8 Å². The van der Waals surface area contributed by atoms with Crippen LogP contribution in [-0.2, 0) is 0 Å². The highest BCUT2D eigenvalue weighted by Crippen LogP contribution is 2.20. The summed E-state index contributed by atoms with van der Waals surface area (Å²) >= 11 is 0. The number of amides is 2. The molecular weight excluding hydrogens is 314 g/mol. The van der Waals surface area contributed by atoms with Crippen molar-refractivity contribution >= 4 is 6.03 Å². The van der Waals surface area contributed by atoms with Gasteiger partial charge in [-0.1, -0.05) is 0 Å². The van der Waals surface area contributed by atoms with Crippen molar-refractivity contribution in [1.29, 1.82) is 0 Å². The molecule has 0 unspecified atom stereocenters. The van der Waals surface area contributed by atoms with Crippen LogP contribution in [0.2, 0.25) is 0 Å². The van der Waals surface area contributed by atoms with Crippen LogP contribution in [0.1, 0.15) is 51.9 Å². The van der Waals surface area contributed by atoms with Crippen LogP contribution in [0.4, 0.5) is 4.79 Å². The minimum absolute atomic E-state index is 0.0740. The highest BCUT2D eigenvalue weighted by atomic mass is 16.2. The molecule has 0 aliphatic rings. The molecule has 2 aromatic rings. The Labute approximate surface area is 149 Å². The molecule has 2 rings (SSSR count). The molecule has 0 saturated carbocycles. The quantitative estimate of drug-likeness (QED) is 0.899. The van der Waals surface area contributed by atoms with Crippen LogP contribution in [0.25, 0.3) is 11.4 Å². The minimum Gasteiger partial charge on any atom is -0.331 e. The smallest absolute Gasteiger partial charge is 0.318 e. The van der Waals surface area contributed by atoms with Crippen molar-refractivity contribution in [2.75, 3.05) is 0 Å². The summed E-state index contributed by atoms with van der Waals surface area (Å²) in [5, 5.41) is 3.06. The fraction of sp³-hybridized carbons (Fsp3) is 0.474. The third-order valence-electron chi connectivity index (χ3n) is 4.11. The second-order valence-electron chi connectivity index (χ2n) is 6.74. The number of pyridine rings is 1. The Morgan fingerprint density at radius 3 is 2.20 bits per heavy atom. The molecule has 2 heterocycles. The van der Waals surface area contributed by atoms with Gasteiger partial charge in [-0.15, -0.1) is 0 Å². The Hall–Kier alpha value is -2.50. The number of carbonyl (C=O) groups excluding carboxylic acids is 1. The van der Waals surface area contributed by atoms with E-state index in [0.717, 1.165) is 16.8 Å². The van der Waals surface area contributed by atoms with Gasteiger partial charge in [0.1, 0.15) is 0 Å². The van der Waals surface area contributed by atoms with Gasteiger partial charge in [0.2, 0.25) is 0 Å². The number of nitrogens with one attached hydrogen (secondary N) is 1. The zero-order chi connectivity index (χ0) is 18.6. The number of rotatable bonds is 5. The van der Waals surface area contributed by atoms with E-state index in [1.165, 1.54) is 0 Å². The molecule has 0 radical (unpaired) electrons. The maximum Gasteiger partial charge on any atom is 0.318 e. The maximum atomic E-state index is 12.6. The summed E-state index contributed by atoms with van der Waals surface area (Å²) in [6.45, 7) is 12.0. The van der Waals surface area contributed by atoms with Gasteiger partial charge >= 0.3 is 6.03 Å². The molecule has 0 saturated heterocycles. The standard InChI is InChI=1S/C19H27N5O/c1-12(2)24(13(3)4)19(25)23-15(6)17-11-21-18(22-14(17)5)16-7-9-20-10-8-16/h7-13,15H,1-6H3,(H,23,25)/t15-/m0/s1. The van der Waals surface area contributed by atoms with Gasteiger partial charge in [0.15, 0.2) is 5.82 Å². The summed E-state index contributed by atoms with van der Waals surface area (Å²) in [5.74, 6) is 0.660. The van der Waals surface area contributed by atoms with E-state index in [4.69, 9.17) is 0 Å². The highest BCUT2D eigenvalue weighted by molar-refractivity contribution is 5.75. The van der Waals surface area contributed by atoms with E-state index >= 15 is 0 Å². The normalized spacial score (nSPS) is 12.3. The SMILES string of the molecule is Cc1nc(-c2ccncc2)ncc1[C@H](C)NC(=O)N(C(C)C)C(C)C. The predicted molar refractivity (Wildman–Crippen MR) is 99.1 cm³/mol. The molecule has 0 aliphatic heterocycles. The third kappa shape index (κ3) is 4.53. The summed E-state index contributed by atoms with van der Waals surface area (Å²) < 4.78 is 0. The Balaban J connectivity index is 2.17. The Kier molecular flexibility index (Phi) is 6.07. The number of hydrogen-bond acceptors (Lipinski definition) is 4. The van der Waals surface area contributed by atoms with Crippen LogP contribution in [0.3, 0.4) is 0 Å². The lowest BCUT2D eigenvalue weighted by molar-refractivity contribution is 0.162. The molecule has 0 bridgehead atoms. The zero-order valence-electron chi connectivity index (χ0n) is 15.8. The second kappa shape index (κ2) is 8.05. The lowest BCUT2D eigenvalue weighted by atomic mass is 10.1. The monoisotopic (exact) mass is 341 g/mol. The molecule has 2 aromatic heterocycles. The highest BCUT2D eigenvalue weighted by Gasteiger charge is 2.22. The average Bonchev–Trinajstić information content (AvgIpc) is 2.54. The lowest BCUT2D eigenvalue weighted by Crippen LogP contribution is -2.48. The van der Waals surface area contributed by atoms with Crippen LogP contribution in [0.15, 0.2) is 30.7 Å². The van der Waals surface area contributed by atoms with Crippen LogP contribution in [-0.4, -0.2) is 38.0 Å². The van der Waals surface area contributed by atoms with Gasteiger partial charge < -0.3 is 10.2 Å². The Morgan fingerprint density at radius 1 is 1.08 bits per heavy atom. The molecule has 1 N–H and O–H groups in total. The maximum absolute atomic E-state index is 12.6. The van der Waals surface area contributed by atoms with Crippen molar-refractivity contribution in [2.24, 2.45) is 0 Å². The molecule has 1 atom stereocenters. The molecule has 2 amide bonds. The minimum atomic E-state index is -0.168. The number of aryl methyl sites for hydroxylation is 1. The number of urea groups is 1. The van der Waals surface area contributed by atoms with Crippen LogP contribution in [0.5, 0.6) is 0 Å². The van der Waals surface area contributed by atoms with Crippen molar-refractivity contribution in [1.82, 2.24) is 25.2 Å². The summed E-state index contributed by atoms with van der Waals surface area (Å²) in [5.41, 5.74) is 2.70. The first kappa shape index (κ1) is 18.8. The summed E-state index contributed by atoms with van der Waals surface area (Å²) in [4.78, 5) is 27.4. The van der Waals surface area contributed by atoms with E-state index in [1.807, 2.05) is 58.6 Å². The van der Waals surface area contributed by atoms with Crippen molar-refractivity contribution in [2.45, 2.75) is 59.7 Å². The molecule has 0 spiro atoms. The van der Waals surface area contributed by atoms with Gasteiger partial charge in [0, 0.05) is 47.5 Å². The van der Waals surface area contributed by atoms with E-state index in [2.05, 4.69) is 20.3 Å². The lowest BCUT2D eigenvalue weighted by Gasteiger charge is -2.32. The third-order valence-corrected chi connectivity index (χ3v) is 4.11. The average molecular weight is 341 g/mol. The van der Waals surface area contributed by atoms with E-state index in [1.54, 1.807) is 18.6 Å². The first-order chi connectivity index (χ1) is 11.8. The second-order valence-corrected chi connectivity index (χ2v) is 6.74. The van der Waals surface area contributed by atoms with E-state index in [-0.39, 0.29) is 24.2 Å². The zero-order valence-corrected chi connectivity index (χ0v) is 15.8. The summed E-state index contributed by atoms with van der Waals surface area (Å²) in [7, 11) is 0. The first-order valence-electron chi connectivity index (χ1n) is 8.64. The van der Waals surface area contributed by atoms with Crippen molar-refractivity contribution in [3.05, 3.63) is 42.0 Å². The largest absolute Gasteiger partial charge is 0.331 e. The molecule has 0 aromatic carbocycles. The molecule has 6 heteroatoms. The van der Waals surface area contributed by atoms with Crippen molar-refractivity contribution in [3.63, 3.8) is 0 Å². The molecular formula is C19H27N5O. The first-order valence-corrected chi connectivity index (χ1v) is 8.64. The Morgan fingerprint density at radius 2 is 1.68 bits per heavy atom. The van der Waals surface area contributed by atoms with Crippen LogP contribution in [0, 0.1) is 6.92 Å². The van der Waals surface area contributed by atoms with Crippen molar-refractivity contribution in [3.8, 4) is 11.4 Å². The number of nitrogens with zero attached hydrogens (tertiary/aromatic N) is 4. The van der Waals surface area contributed by atoms with Gasteiger partial charge in [-0.3, -0.25) is 4.98 Å².